The standard InChI is InChI=1S/C14H13F3N4O4/c15-6-1-2-7(12(17)11(6)16)19-10(23)5-18-9(22)4-3-8-13(24)21-14(25)20-8/h1-2,8H,3-5H2,(H,18,22)(H,19,23)(H2,20,21,24,25). The van der Waals surface area contributed by atoms with Crippen molar-refractivity contribution >= 4 is 29.4 Å². The van der Waals surface area contributed by atoms with Gasteiger partial charge in [0.15, 0.2) is 17.5 Å². The molecule has 0 spiro atoms. The van der Waals surface area contributed by atoms with Crippen LogP contribution in [0.15, 0.2) is 12.1 Å². The maximum absolute atomic E-state index is 13.4. The highest BCUT2D eigenvalue weighted by molar-refractivity contribution is 6.04. The van der Waals surface area contributed by atoms with Crippen molar-refractivity contribution in [2.45, 2.75) is 18.9 Å². The Labute approximate surface area is 139 Å². The summed E-state index contributed by atoms with van der Waals surface area (Å²) < 4.78 is 39.2. The highest BCUT2D eigenvalue weighted by Gasteiger charge is 2.29. The number of nitrogens with one attached hydrogen (secondary N) is 4. The Hall–Kier alpha value is -3.11. The largest absolute Gasteiger partial charge is 0.347 e. The molecule has 1 fully saturated rings. The van der Waals surface area contributed by atoms with E-state index in [1.165, 1.54) is 0 Å². The van der Waals surface area contributed by atoms with E-state index in [1.54, 1.807) is 0 Å². The molecular formula is C14H13F3N4O4. The second-order valence-corrected chi connectivity index (χ2v) is 5.10. The summed E-state index contributed by atoms with van der Waals surface area (Å²) in [6.45, 7) is -0.541. The van der Waals surface area contributed by atoms with Crippen LogP contribution in [0.5, 0.6) is 0 Å². The molecule has 1 heterocycles. The van der Waals surface area contributed by atoms with Gasteiger partial charge in [0.1, 0.15) is 6.04 Å². The fourth-order valence-electron chi connectivity index (χ4n) is 2.02. The summed E-state index contributed by atoms with van der Waals surface area (Å²) in [6.07, 6.45) is -0.117. The Morgan fingerprint density at radius 2 is 1.80 bits per heavy atom. The number of hydrogen-bond acceptors (Lipinski definition) is 4. The van der Waals surface area contributed by atoms with Gasteiger partial charge in [-0.25, -0.2) is 18.0 Å². The lowest BCUT2D eigenvalue weighted by molar-refractivity contribution is -0.124. The lowest BCUT2D eigenvalue weighted by atomic mass is 10.1. The van der Waals surface area contributed by atoms with Crippen LogP contribution in [0.25, 0.3) is 0 Å². The minimum absolute atomic E-state index is 0.0306. The van der Waals surface area contributed by atoms with E-state index in [9.17, 15) is 32.3 Å². The molecule has 1 atom stereocenters. The van der Waals surface area contributed by atoms with Gasteiger partial charge in [-0.1, -0.05) is 0 Å². The lowest BCUT2D eigenvalue weighted by Crippen LogP contribution is -2.35. The van der Waals surface area contributed by atoms with Gasteiger partial charge in [0.2, 0.25) is 11.8 Å². The van der Waals surface area contributed by atoms with E-state index >= 15 is 0 Å². The highest BCUT2D eigenvalue weighted by Crippen LogP contribution is 2.19. The normalized spacial score (nSPS) is 16.2. The van der Waals surface area contributed by atoms with Gasteiger partial charge in [-0.15, -0.1) is 0 Å². The van der Waals surface area contributed by atoms with Gasteiger partial charge in [-0.3, -0.25) is 19.7 Å². The van der Waals surface area contributed by atoms with Crippen molar-refractivity contribution in [3.63, 3.8) is 0 Å². The zero-order valence-corrected chi connectivity index (χ0v) is 12.6. The Morgan fingerprint density at radius 1 is 1.08 bits per heavy atom. The molecule has 1 saturated heterocycles. The molecule has 0 bridgehead atoms. The van der Waals surface area contributed by atoms with E-state index in [4.69, 9.17) is 0 Å². The Balaban J connectivity index is 1.76. The van der Waals surface area contributed by atoms with Crippen LogP contribution in [-0.2, 0) is 14.4 Å². The Kier molecular flexibility index (Phi) is 5.57. The van der Waals surface area contributed by atoms with Crippen LogP contribution in [0.3, 0.4) is 0 Å². The van der Waals surface area contributed by atoms with Crippen LogP contribution in [-0.4, -0.2) is 36.3 Å². The lowest BCUT2D eigenvalue weighted by Gasteiger charge is -2.09. The maximum Gasteiger partial charge on any atom is 0.322 e. The minimum atomic E-state index is -1.72. The van der Waals surface area contributed by atoms with Crippen molar-refractivity contribution in [2.24, 2.45) is 0 Å². The molecule has 25 heavy (non-hydrogen) atoms. The molecule has 0 aliphatic carbocycles. The number of urea groups is 1. The third kappa shape index (κ3) is 4.68. The van der Waals surface area contributed by atoms with Crippen LogP contribution in [0.2, 0.25) is 0 Å². The quantitative estimate of drug-likeness (QED) is 0.428. The van der Waals surface area contributed by atoms with Crippen molar-refractivity contribution in [2.75, 3.05) is 11.9 Å². The third-order valence-corrected chi connectivity index (χ3v) is 3.27. The molecule has 1 aliphatic heterocycles. The summed E-state index contributed by atoms with van der Waals surface area (Å²) in [5, 5.41) is 8.51. The average molecular weight is 358 g/mol. The summed E-state index contributed by atoms with van der Waals surface area (Å²) in [5.74, 6) is -6.67. The first-order valence-electron chi connectivity index (χ1n) is 7.09. The molecule has 0 radical (unpaired) electrons. The van der Waals surface area contributed by atoms with Crippen molar-refractivity contribution in [3.05, 3.63) is 29.6 Å². The van der Waals surface area contributed by atoms with Crippen LogP contribution in [0.1, 0.15) is 12.8 Å². The molecule has 1 aromatic rings. The van der Waals surface area contributed by atoms with Gasteiger partial charge in [0.25, 0.3) is 5.91 Å². The van der Waals surface area contributed by atoms with Gasteiger partial charge >= 0.3 is 6.03 Å². The van der Waals surface area contributed by atoms with Gasteiger partial charge in [-0.05, 0) is 18.6 Å². The summed E-state index contributed by atoms with van der Waals surface area (Å²) in [7, 11) is 0. The second-order valence-electron chi connectivity index (χ2n) is 5.10. The highest BCUT2D eigenvalue weighted by atomic mass is 19.2. The van der Waals surface area contributed by atoms with Gasteiger partial charge < -0.3 is 16.0 Å². The van der Waals surface area contributed by atoms with Gasteiger partial charge in [-0.2, -0.15) is 0 Å². The number of anilines is 1. The monoisotopic (exact) mass is 358 g/mol. The summed E-state index contributed by atoms with van der Waals surface area (Å²) in [4.78, 5) is 45.3. The molecule has 1 aliphatic rings. The number of amides is 5. The van der Waals surface area contributed by atoms with E-state index in [-0.39, 0.29) is 12.8 Å². The number of hydrogen-bond donors (Lipinski definition) is 4. The number of halogens is 3. The minimum Gasteiger partial charge on any atom is -0.347 e. The Bertz CT molecular complexity index is 741. The molecular weight excluding hydrogens is 345 g/mol. The Morgan fingerprint density at radius 3 is 2.44 bits per heavy atom. The molecule has 1 unspecified atom stereocenters. The average Bonchev–Trinajstić information content (AvgIpc) is 2.89. The smallest absolute Gasteiger partial charge is 0.322 e. The van der Waals surface area contributed by atoms with Crippen LogP contribution >= 0.6 is 0 Å². The SMILES string of the molecule is O=C(CCC1NC(=O)NC1=O)NCC(=O)Nc1ccc(F)c(F)c1F. The van der Waals surface area contributed by atoms with E-state index in [2.05, 4.69) is 10.6 Å². The van der Waals surface area contributed by atoms with Crippen LogP contribution in [0.4, 0.5) is 23.7 Å². The first kappa shape index (κ1) is 18.2. The number of benzene rings is 1. The second kappa shape index (κ2) is 7.64. The topological polar surface area (TPSA) is 116 Å². The molecule has 11 heteroatoms. The van der Waals surface area contributed by atoms with Gasteiger partial charge in [0.05, 0.1) is 12.2 Å². The summed E-state index contributed by atoms with van der Waals surface area (Å²) in [6, 6.07) is 0.00859. The molecule has 1 aromatic carbocycles. The van der Waals surface area contributed by atoms with Crippen molar-refractivity contribution in [1.82, 2.24) is 16.0 Å². The predicted octanol–water partition coefficient (Wildman–Crippen LogP) is 0.147. The molecule has 5 amide bonds. The molecule has 4 N–H and O–H groups in total. The fraction of sp³-hybridized carbons (Fsp3) is 0.286. The summed E-state index contributed by atoms with van der Waals surface area (Å²) in [5.41, 5.74) is -0.566. The predicted molar refractivity (Wildman–Crippen MR) is 77.7 cm³/mol. The molecule has 8 nitrogen and oxygen atoms in total. The van der Waals surface area contributed by atoms with E-state index in [0.717, 1.165) is 6.07 Å². The van der Waals surface area contributed by atoms with Crippen molar-refractivity contribution in [3.8, 4) is 0 Å². The van der Waals surface area contributed by atoms with Gasteiger partial charge in [0, 0.05) is 6.42 Å². The zero-order valence-electron chi connectivity index (χ0n) is 12.6. The molecule has 2 rings (SSSR count). The van der Waals surface area contributed by atoms with Crippen LogP contribution in [0, 0.1) is 17.5 Å². The third-order valence-electron chi connectivity index (χ3n) is 3.27. The first-order chi connectivity index (χ1) is 11.8. The van der Waals surface area contributed by atoms with Crippen molar-refractivity contribution < 1.29 is 32.3 Å². The van der Waals surface area contributed by atoms with Crippen molar-refractivity contribution in [1.29, 1.82) is 0 Å². The first-order valence-corrected chi connectivity index (χ1v) is 7.09. The molecule has 0 aromatic heterocycles. The molecule has 0 saturated carbocycles. The molecule has 134 valence electrons. The van der Waals surface area contributed by atoms with E-state index in [1.807, 2.05) is 10.6 Å². The summed E-state index contributed by atoms with van der Waals surface area (Å²) >= 11 is 0. The van der Waals surface area contributed by atoms with Crippen LogP contribution < -0.4 is 21.3 Å². The fourth-order valence-corrected chi connectivity index (χ4v) is 2.02. The van der Waals surface area contributed by atoms with E-state index < -0.39 is 59.5 Å². The number of rotatable bonds is 6. The zero-order chi connectivity index (χ0) is 18.6. The number of carbonyl (C=O) groups excluding carboxylic acids is 4. The van der Waals surface area contributed by atoms with E-state index in [0.29, 0.717) is 6.07 Å². The number of imide groups is 1. The maximum atomic E-state index is 13.4. The number of carbonyl (C=O) groups is 4.